The van der Waals surface area contributed by atoms with Crippen LogP contribution in [0.5, 0.6) is 0 Å². The zero-order valence-electron chi connectivity index (χ0n) is 16.5. The molecule has 28 heavy (non-hydrogen) atoms. The summed E-state index contributed by atoms with van der Waals surface area (Å²) in [4.78, 5) is 26.4. The van der Waals surface area contributed by atoms with E-state index in [1.165, 1.54) is 22.5 Å². The van der Waals surface area contributed by atoms with Gasteiger partial charge in [-0.2, -0.15) is 4.31 Å². The van der Waals surface area contributed by atoms with Crippen molar-refractivity contribution < 1.29 is 22.7 Å². The molecule has 1 aliphatic rings. The largest absolute Gasteiger partial charge is 0.452 e. The summed E-state index contributed by atoms with van der Waals surface area (Å²) in [5.41, 5.74) is -0.0746. The molecule has 0 saturated carbocycles. The van der Waals surface area contributed by atoms with Gasteiger partial charge in [0.2, 0.25) is 10.0 Å². The normalized spacial score (nSPS) is 17.6. The Morgan fingerprint density at radius 1 is 1.25 bits per heavy atom. The van der Waals surface area contributed by atoms with Gasteiger partial charge in [0.1, 0.15) is 0 Å². The molecule has 0 aromatic heterocycles. The first kappa shape index (κ1) is 22.6. The van der Waals surface area contributed by atoms with Crippen LogP contribution >= 0.6 is 11.6 Å². The van der Waals surface area contributed by atoms with Crippen molar-refractivity contribution in [3.8, 4) is 0 Å². The van der Waals surface area contributed by atoms with Gasteiger partial charge in [-0.25, -0.2) is 13.2 Å². The molecule has 1 heterocycles. The number of halogens is 1. The number of amides is 1. The maximum atomic E-state index is 12.7. The predicted octanol–water partition coefficient (Wildman–Crippen LogP) is 2.93. The van der Waals surface area contributed by atoms with Crippen molar-refractivity contribution in [1.29, 1.82) is 0 Å². The van der Waals surface area contributed by atoms with Gasteiger partial charge in [0.15, 0.2) is 6.61 Å². The second-order valence-corrected chi connectivity index (χ2v) is 9.08. The van der Waals surface area contributed by atoms with E-state index >= 15 is 0 Å². The maximum absolute atomic E-state index is 12.7. The summed E-state index contributed by atoms with van der Waals surface area (Å²) in [5, 5.41) is 0.0716. The average molecular weight is 431 g/mol. The number of piperidine rings is 1. The number of sulfonamides is 1. The molecule has 1 unspecified atom stereocenters. The smallest absolute Gasteiger partial charge is 0.340 e. The summed E-state index contributed by atoms with van der Waals surface area (Å²) in [6, 6.07) is 4.02. The quantitative estimate of drug-likeness (QED) is 0.621. The SMILES string of the molecule is CCN(CC)S(=O)(=O)c1ccc(Cl)c(C(=O)OCC(=O)N2CCCCC2C)c1. The van der Waals surface area contributed by atoms with Crippen LogP contribution in [0.25, 0.3) is 0 Å². The highest BCUT2D eigenvalue weighted by Gasteiger charge is 2.26. The number of likely N-dealkylation sites (tertiary alicyclic amines) is 1. The Labute approximate surface area is 171 Å². The number of hydrogen-bond acceptors (Lipinski definition) is 5. The Bertz CT molecular complexity index is 824. The summed E-state index contributed by atoms with van der Waals surface area (Å²) in [6.45, 7) is 6.31. The molecular weight excluding hydrogens is 404 g/mol. The molecular formula is C19H27ClN2O5S. The molecule has 2 rings (SSSR count). The van der Waals surface area contributed by atoms with Gasteiger partial charge in [0.25, 0.3) is 5.91 Å². The fraction of sp³-hybridized carbons (Fsp3) is 0.579. The summed E-state index contributed by atoms with van der Waals surface area (Å²) in [6.07, 6.45) is 2.94. The number of carbonyl (C=O) groups is 2. The second-order valence-electron chi connectivity index (χ2n) is 6.74. The Balaban J connectivity index is 2.14. The molecule has 1 atom stereocenters. The first-order valence-electron chi connectivity index (χ1n) is 9.48. The van der Waals surface area contributed by atoms with Crippen LogP contribution in [-0.4, -0.2) is 61.8 Å². The average Bonchev–Trinajstić information content (AvgIpc) is 2.67. The lowest BCUT2D eigenvalue weighted by Gasteiger charge is -2.33. The van der Waals surface area contributed by atoms with Gasteiger partial charge in [-0.15, -0.1) is 0 Å². The van der Waals surface area contributed by atoms with Crippen LogP contribution in [0.15, 0.2) is 23.1 Å². The fourth-order valence-corrected chi connectivity index (χ4v) is 4.97. The molecule has 1 aliphatic heterocycles. The van der Waals surface area contributed by atoms with Crippen LogP contribution in [0.3, 0.4) is 0 Å². The van der Waals surface area contributed by atoms with Crippen molar-refractivity contribution in [3.05, 3.63) is 28.8 Å². The van der Waals surface area contributed by atoms with Crippen LogP contribution in [0, 0.1) is 0 Å². The van der Waals surface area contributed by atoms with Crippen molar-refractivity contribution in [1.82, 2.24) is 9.21 Å². The molecule has 1 saturated heterocycles. The van der Waals surface area contributed by atoms with Gasteiger partial charge in [-0.3, -0.25) is 4.79 Å². The molecule has 0 aliphatic carbocycles. The van der Waals surface area contributed by atoms with E-state index in [1.54, 1.807) is 18.7 Å². The second kappa shape index (κ2) is 9.71. The Hall–Kier alpha value is -1.64. The lowest BCUT2D eigenvalue weighted by molar-refractivity contribution is -0.137. The lowest BCUT2D eigenvalue weighted by atomic mass is 10.0. The van der Waals surface area contributed by atoms with Gasteiger partial charge in [-0.05, 0) is 44.4 Å². The molecule has 0 spiro atoms. The third-order valence-corrected chi connectivity index (χ3v) is 7.33. The number of esters is 1. The minimum absolute atomic E-state index is 0.0384. The molecule has 156 valence electrons. The van der Waals surface area contributed by atoms with E-state index in [0.717, 1.165) is 19.3 Å². The van der Waals surface area contributed by atoms with Gasteiger partial charge in [0.05, 0.1) is 15.5 Å². The van der Waals surface area contributed by atoms with Crippen molar-refractivity contribution in [2.45, 2.75) is 51.0 Å². The zero-order chi connectivity index (χ0) is 20.9. The monoisotopic (exact) mass is 430 g/mol. The number of benzene rings is 1. The predicted molar refractivity (Wildman–Crippen MR) is 107 cm³/mol. The van der Waals surface area contributed by atoms with Crippen molar-refractivity contribution in [2.75, 3.05) is 26.2 Å². The fourth-order valence-electron chi connectivity index (χ4n) is 3.29. The van der Waals surface area contributed by atoms with Gasteiger partial charge < -0.3 is 9.64 Å². The highest BCUT2D eigenvalue weighted by atomic mass is 35.5. The number of nitrogens with zero attached hydrogens (tertiary/aromatic N) is 2. The minimum Gasteiger partial charge on any atom is -0.452 e. The lowest BCUT2D eigenvalue weighted by Crippen LogP contribution is -2.44. The number of rotatable bonds is 7. The molecule has 0 bridgehead atoms. The highest BCUT2D eigenvalue weighted by molar-refractivity contribution is 7.89. The molecule has 0 radical (unpaired) electrons. The Morgan fingerprint density at radius 3 is 2.54 bits per heavy atom. The maximum Gasteiger partial charge on any atom is 0.340 e. The molecule has 0 N–H and O–H groups in total. The van der Waals surface area contributed by atoms with Crippen LogP contribution in [0.4, 0.5) is 0 Å². The van der Waals surface area contributed by atoms with Gasteiger partial charge in [-0.1, -0.05) is 25.4 Å². The number of carbonyl (C=O) groups excluding carboxylic acids is 2. The van der Waals surface area contributed by atoms with E-state index in [4.69, 9.17) is 16.3 Å². The first-order chi connectivity index (χ1) is 13.2. The molecule has 7 nitrogen and oxygen atoms in total. The zero-order valence-corrected chi connectivity index (χ0v) is 18.1. The highest BCUT2D eigenvalue weighted by Crippen LogP contribution is 2.24. The molecule has 1 fully saturated rings. The van der Waals surface area contributed by atoms with E-state index in [-0.39, 0.29) is 27.4 Å². The van der Waals surface area contributed by atoms with Crippen molar-refractivity contribution >= 4 is 33.5 Å². The first-order valence-corrected chi connectivity index (χ1v) is 11.3. The summed E-state index contributed by atoms with van der Waals surface area (Å²) in [7, 11) is -3.74. The number of hydrogen-bond donors (Lipinski definition) is 0. The summed E-state index contributed by atoms with van der Waals surface area (Å²) < 4.78 is 31.7. The molecule has 1 aromatic rings. The van der Waals surface area contributed by atoms with Gasteiger partial charge in [0, 0.05) is 25.7 Å². The van der Waals surface area contributed by atoms with E-state index in [1.807, 2.05) is 6.92 Å². The minimum atomic E-state index is -3.74. The Kier molecular flexibility index (Phi) is 7.86. The Morgan fingerprint density at radius 2 is 1.93 bits per heavy atom. The van der Waals surface area contributed by atoms with E-state index in [9.17, 15) is 18.0 Å². The van der Waals surface area contributed by atoms with E-state index < -0.39 is 22.6 Å². The molecule has 1 amide bonds. The topological polar surface area (TPSA) is 84.0 Å². The third kappa shape index (κ3) is 5.04. The van der Waals surface area contributed by atoms with Crippen LogP contribution in [0.2, 0.25) is 5.02 Å². The molecule has 9 heteroatoms. The van der Waals surface area contributed by atoms with Crippen LogP contribution < -0.4 is 0 Å². The van der Waals surface area contributed by atoms with E-state index in [0.29, 0.717) is 19.6 Å². The van der Waals surface area contributed by atoms with Crippen molar-refractivity contribution in [3.63, 3.8) is 0 Å². The number of ether oxygens (including phenoxy) is 1. The van der Waals surface area contributed by atoms with Crippen molar-refractivity contribution in [2.24, 2.45) is 0 Å². The molecule has 1 aromatic carbocycles. The van der Waals surface area contributed by atoms with Crippen LogP contribution in [-0.2, 0) is 19.6 Å². The standard InChI is InChI=1S/C19H27ClN2O5S/c1-4-21(5-2)28(25,26)15-9-10-17(20)16(12-15)19(24)27-13-18(23)22-11-7-6-8-14(22)3/h9-10,12,14H,4-8,11,13H2,1-3H3. The summed E-state index contributed by atoms with van der Waals surface area (Å²) >= 11 is 6.07. The van der Waals surface area contributed by atoms with Crippen LogP contribution in [0.1, 0.15) is 50.4 Å². The third-order valence-electron chi connectivity index (χ3n) is 4.95. The van der Waals surface area contributed by atoms with Gasteiger partial charge >= 0.3 is 5.97 Å². The summed E-state index contributed by atoms with van der Waals surface area (Å²) in [5.74, 6) is -1.08. The van der Waals surface area contributed by atoms with E-state index in [2.05, 4.69) is 0 Å².